The molecule has 9 nitrogen and oxygen atoms in total. The molecule has 1 heterocycles. The maximum atomic E-state index is 13.2. The zero-order valence-corrected chi connectivity index (χ0v) is 25.4. The predicted molar refractivity (Wildman–Crippen MR) is 160 cm³/mol. The number of carbonyl (C=O) groups excluding carboxylic acids is 4. The first-order valence-corrected chi connectivity index (χ1v) is 14.3. The molecule has 3 aromatic rings. The third kappa shape index (κ3) is 7.50. The number of rotatable bonds is 10. The van der Waals surface area contributed by atoms with Crippen LogP contribution >= 0.6 is 39.3 Å². The van der Waals surface area contributed by atoms with Crippen molar-refractivity contribution in [2.45, 2.75) is 13.5 Å². The zero-order chi connectivity index (χ0) is 30.4. The number of thioether (sulfide) groups is 1. The highest BCUT2D eigenvalue weighted by Gasteiger charge is 2.36. The number of halogens is 3. The molecule has 0 spiro atoms. The Morgan fingerprint density at radius 1 is 1.12 bits per heavy atom. The molecule has 1 fully saturated rings. The summed E-state index contributed by atoms with van der Waals surface area (Å²) in [6.45, 7) is 1.43. The second-order valence-electron chi connectivity index (χ2n) is 8.68. The van der Waals surface area contributed by atoms with Crippen molar-refractivity contribution in [3.63, 3.8) is 0 Å². The Bertz CT molecular complexity index is 1580. The van der Waals surface area contributed by atoms with Crippen molar-refractivity contribution in [3.8, 4) is 11.5 Å². The van der Waals surface area contributed by atoms with E-state index in [1.165, 1.54) is 43.5 Å². The van der Waals surface area contributed by atoms with Crippen LogP contribution in [0.25, 0.3) is 6.08 Å². The van der Waals surface area contributed by atoms with E-state index in [4.69, 9.17) is 25.8 Å². The largest absolute Gasteiger partial charge is 0.493 e. The van der Waals surface area contributed by atoms with E-state index in [9.17, 15) is 23.6 Å². The predicted octanol–water partition coefficient (Wildman–Crippen LogP) is 6.68. The highest BCUT2D eigenvalue weighted by molar-refractivity contribution is 9.10. The summed E-state index contributed by atoms with van der Waals surface area (Å²) in [6.07, 6.45) is 1.50. The minimum Gasteiger partial charge on any atom is -0.493 e. The fourth-order valence-electron chi connectivity index (χ4n) is 3.80. The van der Waals surface area contributed by atoms with Crippen molar-refractivity contribution < 1.29 is 37.8 Å². The van der Waals surface area contributed by atoms with E-state index in [0.29, 0.717) is 33.3 Å². The molecular weight excluding hydrogens is 655 g/mol. The van der Waals surface area contributed by atoms with Gasteiger partial charge in [0.25, 0.3) is 11.1 Å². The fourth-order valence-corrected chi connectivity index (χ4v) is 5.41. The summed E-state index contributed by atoms with van der Waals surface area (Å²) in [5.74, 6) is -1.53. The van der Waals surface area contributed by atoms with Crippen LogP contribution in [0.15, 0.2) is 64.0 Å². The van der Waals surface area contributed by atoms with Crippen LogP contribution in [0.4, 0.5) is 14.9 Å². The second-order valence-corrected chi connectivity index (χ2v) is 10.9. The average Bonchev–Trinajstić information content (AvgIpc) is 3.21. The van der Waals surface area contributed by atoms with Gasteiger partial charge in [0.05, 0.1) is 33.7 Å². The molecule has 3 amide bonds. The molecule has 3 aromatic carbocycles. The molecule has 1 aliphatic rings. The molecule has 1 N–H and O–H groups in total. The number of anilines is 1. The van der Waals surface area contributed by atoms with Gasteiger partial charge in [-0.1, -0.05) is 23.7 Å². The molecular formula is C29H23BrClFN2O7S. The lowest BCUT2D eigenvalue weighted by Crippen LogP contribution is -2.36. The van der Waals surface area contributed by atoms with Crippen molar-refractivity contribution in [2.75, 3.05) is 25.6 Å². The van der Waals surface area contributed by atoms with Gasteiger partial charge >= 0.3 is 5.97 Å². The van der Waals surface area contributed by atoms with Crippen LogP contribution in [-0.4, -0.2) is 48.2 Å². The van der Waals surface area contributed by atoms with Gasteiger partial charge in [0.2, 0.25) is 5.91 Å². The second kappa shape index (κ2) is 13.9. The van der Waals surface area contributed by atoms with E-state index in [-0.39, 0.29) is 40.2 Å². The third-order valence-electron chi connectivity index (χ3n) is 5.77. The molecule has 4 rings (SSSR count). The smallest absolute Gasteiger partial charge is 0.339 e. The highest BCUT2D eigenvalue weighted by Crippen LogP contribution is 2.39. The van der Waals surface area contributed by atoms with Crippen LogP contribution in [0.5, 0.6) is 11.5 Å². The van der Waals surface area contributed by atoms with Crippen LogP contribution in [0.3, 0.4) is 0 Å². The van der Waals surface area contributed by atoms with Crippen molar-refractivity contribution >= 4 is 74.1 Å². The summed E-state index contributed by atoms with van der Waals surface area (Å²) >= 11 is 10.2. The number of hydrogen-bond donors (Lipinski definition) is 1. The molecule has 42 heavy (non-hydrogen) atoms. The number of ether oxygens (including phenoxy) is 3. The van der Waals surface area contributed by atoms with Crippen molar-refractivity contribution in [1.29, 1.82) is 0 Å². The summed E-state index contributed by atoms with van der Waals surface area (Å²) in [5, 5.41) is 2.09. The highest BCUT2D eigenvalue weighted by atomic mass is 79.9. The molecule has 218 valence electrons. The molecule has 1 aliphatic heterocycles. The number of hydrogen-bond acceptors (Lipinski definition) is 8. The Morgan fingerprint density at radius 3 is 2.55 bits per heavy atom. The lowest BCUT2D eigenvalue weighted by molar-refractivity contribution is -0.127. The summed E-state index contributed by atoms with van der Waals surface area (Å²) < 4.78 is 30.0. The van der Waals surface area contributed by atoms with Gasteiger partial charge in [0.1, 0.15) is 19.0 Å². The summed E-state index contributed by atoms with van der Waals surface area (Å²) in [4.78, 5) is 51.3. The lowest BCUT2D eigenvalue weighted by Gasteiger charge is -2.14. The Balaban J connectivity index is 1.45. The number of esters is 1. The van der Waals surface area contributed by atoms with Crippen molar-refractivity contribution in [1.82, 2.24) is 4.90 Å². The van der Waals surface area contributed by atoms with Crippen LogP contribution in [0, 0.1) is 5.82 Å². The SMILES string of the molecule is CCOC(=O)c1cc(NC(=O)CN2C(=O)S/C(=C/c3cc(Br)c(OCc4ccc(F)cc4)c(OC)c3)C2=O)ccc1Cl. The van der Waals surface area contributed by atoms with Gasteiger partial charge in [-0.25, -0.2) is 9.18 Å². The molecule has 0 aliphatic carbocycles. The van der Waals surface area contributed by atoms with Gasteiger partial charge in [-0.3, -0.25) is 19.3 Å². The number of amides is 3. The molecule has 0 atom stereocenters. The molecule has 0 radical (unpaired) electrons. The van der Waals surface area contributed by atoms with Crippen LogP contribution in [-0.2, 0) is 20.9 Å². The Hall–Kier alpha value is -3.87. The van der Waals surface area contributed by atoms with E-state index < -0.39 is 29.6 Å². The van der Waals surface area contributed by atoms with E-state index >= 15 is 0 Å². The Kier molecular flexibility index (Phi) is 10.3. The number of methoxy groups -OCH3 is 1. The first-order chi connectivity index (χ1) is 20.1. The van der Waals surface area contributed by atoms with Crippen LogP contribution in [0.1, 0.15) is 28.4 Å². The summed E-state index contributed by atoms with van der Waals surface area (Å²) in [5.41, 5.74) is 1.60. The number of imide groups is 1. The summed E-state index contributed by atoms with van der Waals surface area (Å²) in [6, 6.07) is 13.5. The van der Waals surface area contributed by atoms with Gasteiger partial charge in [-0.2, -0.15) is 0 Å². The lowest BCUT2D eigenvalue weighted by atomic mass is 10.1. The monoisotopic (exact) mass is 676 g/mol. The average molecular weight is 678 g/mol. The van der Waals surface area contributed by atoms with Gasteiger partial charge < -0.3 is 19.5 Å². The van der Waals surface area contributed by atoms with Crippen LogP contribution < -0.4 is 14.8 Å². The fraction of sp³-hybridized carbons (Fsp3) is 0.172. The van der Waals surface area contributed by atoms with E-state index in [2.05, 4.69) is 21.2 Å². The number of benzene rings is 3. The minimum absolute atomic E-state index is 0.0684. The normalized spacial score (nSPS) is 13.8. The van der Waals surface area contributed by atoms with Gasteiger partial charge in [-0.15, -0.1) is 0 Å². The minimum atomic E-state index is -0.650. The zero-order valence-electron chi connectivity index (χ0n) is 22.2. The Labute approximate surface area is 258 Å². The standard InChI is InChI=1S/C29H23BrClFN2O7S/c1-3-40-28(37)20-13-19(8-9-22(20)31)33-25(35)14-34-27(36)24(42-29(34)38)12-17-10-21(30)26(23(11-17)39-2)41-15-16-4-6-18(32)7-5-16/h4-13H,3,14-15H2,1-2H3,(H,33,35)/b24-12+. The molecule has 13 heteroatoms. The van der Waals surface area contributed by atoms with Crippen molar-refractivity contribution in [3.05, 3.63) is 91.5 Å². The van der Waals surface area contributed by atoms with Gasteiger partial charge in [-0.05, 0) is 94.3 Å². The maximum absolute atomic E-state index is 13.2. The molecule has 0 bridgehead atoms. The quantitative estimate of drug-likeness (QED) is 0.187. The van der Waals surface area contributed by atoms with Crippen LogP contribution in [0.2, 0.25) is 5.02 Å². The third-order valence-corrected chi connectivity index (χ3v) is 7.59. The van der Waals surface area contributed by atoms with E-state index in [1.807, 2.05) is 0 Å². The maximum Gasteiger partial charge on any atom is 0.339 e. The first kappa shape index (κ1) is 31.1. The van der Waals surface area contributed by atoms with E-state index in [1.54, 1.807) is 31.2 Å². The Morgan fingerprint density at radius 2 is 1.86 bits per heavy atom. The van der Waals surface area contributed by atoms with Gasteiger partial charge in [0, 0.05) is 5.69 Å². The number of nitrogens with zero attached hydrogens (tertiary/aromatic N) is 1. The number of nitrogens with one attached hydrogen (secondary N) is 1. The van der Waals surface area contributed by atoms with Gasteiger partial charge in [0.15, 0.2) is 11.5 Å². The first-order valence-electron chi connectivity index (χ1n) is 12.4. The number of carbonyl (C=O) groups is 4. The summed E-state index contributed by atoms with van der Waals surface area (Å²) in [7, 11) is 1.46. The molecule has 0 aromatic heterocycles. The topological polar surface area (TPSA) is 111 Å². The molecule has 0 unspecified atom stereocenters. The van der Waals surface area contributed by atoms with E-state index in [0.717, 1.165) is 10.5 Å². The molecule has 0 saturated carbocycles. The van der Waals surface area contributed by atoms with Crippen molar-refractivity contribution in [2.24, 2.45) is 0 Å². The molecule has 1 saturated heterocycles.